The minimum Gasteiger partial charge on any atom is -0.467 e. The Bertz CT molecular complexity index is 631. The van der Waals surface area contributed by atoms with Crippen molar-refractivity contribution in [1.29, 1.82) is 0 Å². The maximum absolute atomic E-state index is 12.0. The van der Waals surface area contributed by atoms with Crippen molar-refractivity contribution in [3.63, 3.8) is 0 Å². The van der Waals surface area contributed by atoms with Crippen LogP contribution in [-0.2, 0) is 6.54 Å². The Morgan fingerprint density at radius 2 is 2.20 bits per heavy atom. The topological polar surface area (TPSA) is 54.3 Å². The molecular weight excluding hydrogens is 364 g/mol. The van der Waals surface area contributed by atoms with E-state index in [1.54, 1.807) is 30.5 Å². The second kappa shape index (κ2) is 6.88. The Balaban J connectivity index is 1.93. The number of halogens is 2. The molecule has 1 aromatic carbocycles. The molecule has 20 heavy (non-hydrogen) atoms. The highest BCUT2D eigenvalue weighted by atomic mass is 79.9. The summed E-state index contributed by atoms with van der Waals surface area (Å²) >= 11 is 14.3. The Hall–Kier alpha value is -1.37. The highest BCUT2D eigenvalue weighted by Gasteiger charge is 2.12. The number of amides is 1. The van der Waals surface area contributed by atoms with Gasteiger partial charge in [0.15, 0.2) is 5.11 Å². The summed E-state index contributed by atoms with van der Waals surface area (Å²) in [7, 11) is 0. The Kier molecular flexibility index (Phi) is 5.17. The van der Waals surface area contributed by atoms with Crippen LogP contribution in [0.1, 0.15) is 16.1 Å². The zero-order valence-electron chi connectivity index (χ0n) is 10.2. The van der Waals surface area contributed by atoms with Crippen molar-refractivity contribution in [2.75, 3.05) is 0 Å². The molecule has 0 aliphatic rings. The van der Waals surface area contributed by atoms with E-state index in [-0.39, 0.29) is 11.0 Å². The van der Waals surface area contributed by atoms with Crippen molar-refractivity contribution in [2.24, 2.45) is 0 Å². The molecular formula is C13H10BrClN2O2S. The van der Waals surface area contributed by atoms with Crippen LogP contribution in [0.4, 0.5) is 0 Å². The molecule has 2 N–H and O–H groups in total. The zero-order valence-corrected chi connectivity index (χ0v) is 13.3. The Labute approximate surface area is 134 Å². The van der Waals surface area contributed by atoms with Gasteiger partial charge in [0.2, 0.25) is 0 Å². The van der Waals surface area contributed by atoms with Crippen molar-refractivity contribution >= 4 is 50.8 Å². The quantitative estimate of drug-likeness (QED) is 0.809. The van der Waals surface area contributed by atoms with Gasteiger partial charge in [-0.3, -0.25) is 10.1 Å². The van der Waals surface area contributed by atoms with Crippen LogP contribution in [0.3, 0.4) is 0 Å². The lowest BCUT2D eigenvalue weighted by Crippen LogP contribution is -2.38. The van der Waals surface area contributed by atoms with Crippen LogP contribution in [0.15, 0.2) is 45.5 Å². The fraction of sp³-hybridized carbons (Fsp3) is 0.0769. The van der Waals surface area contributed by atoms with Gasteiger partial charge in [0.05, 0.1) is 23.4 Å². The highest BCUT2D eigenvalue weighted by Crippen LogP contribution is 2.20. The first kappa shape index (κ1) is 15.0. The van der Waals surface area contributed by atoms with E-state index < -0.39 is 0 Å². The summed E-state index contributed by atoms with van der Waals surface area (Å²) in [5, 5.41) is 6.00. The minimum atomic E-state index is -0.367. The van der Waals surface area contributed by atoms with Crippen molar-refractivity contribution < 1.29 is 9.21 Å². The molecule has 4 nitrogen and oxygen atoms in total. The maximum Gasteiger partial charge on any atom is 0.258 e. The molecule has 2 rings (SSSR count). The normalized spacial score (nSPS) is 10.1. The lowest BCUT2D eigenvalue weighted by Gasteiger charge is -2.09. The molecule has 0 fully saturated rings. The van der Waals surface area contributed by atoms with E-state index in [4.69, 9.17) is 28.2 Å². The molecule has 7 heteroatoms. The fourth-order valence-electron chi connectivity index (χ4n) is 1.47. The number of carbonyl (C=O) groups is 1. The van der Waals surface area contributed by atoms with Gasteiger partial charge in [-0.05, 0) is 42.5 Å². The van der Waals surface area contributed by atoms with Crippen LogP contribution in [0.2, 0.25) is 5.02 Å². The monoisotopic (exact) mass is 372 g/mol. The van der Waals surface area contributed by atoms with E-state index in [1.165, 1.54) is 0 Å². The summed E-state index contributed by atoms with van der Waals surface area (Å²) in [5.41, 5.74) is 0.350. The van der Waals surface area contributed by atoms with Crippen LogP contribution >= 0.6 is 39.7 Å². The average Bonchev–Trinajstić information content (AvgIpc) is 2.92. The zero-order chi connectivity index (χ0) is 14.5. The average molecular weight is 374 g/mol. The predicted octanol–water partition coefficient (Wildman–Crippen LogP) is 3.50. The molecule has 0 saturated heterocycles. The lowest BCUT2D eigenvalue weighted by atomic mass is 10.2. The van der Waals surface area contributed by atoms with E-state index in [2.05, 4.69) is 26.6 Å². The second-order valence-corrected chi connectivity index (χ2v) is 5.57. The van der Waals surface area contributed by atoms with Crippen molar-refractivity contribution in [3.05, 3.63) is 57.4 Å². The predicted molar refractivity (Wildman–Crippen MR) is 84.8 cm³/mol. The number of rotatable bonds is 3. The van der Waals surface area contributed by atoms with Crippen LogP contribution in [-0.4, -0.2) is 11.0 Å². The van der Waals surface area contributed by atoms with Gasteiger partial charge in [-0.1, -0.05) is 27.5 Å². The fourth-order valence-corrected chi connectivity index (χ4v) is 2.20. The molecule has 0 spiro atoms. The summed E-state index contributed by atoms with van der Waals surface area (Å²) in [6, 6.07) is 8.61. The van der Waals surface area contributed by atoms with E-state index in [0.717, 1.165) is 10.2 Å². The van der Waals surface area contributed by atoms with Gasteiger partial charge >= 0.3 is 0 Å². The van der Waals surface area contributed by atoms with Crippen molar-refractivity contribution in [3.8, 4) is 0 Å². The van der Waals surface area contributed by atoms with Crippen molar-refractivity contribution in [1.82, 2.24) is 10.6 Å². The molecule has 0 saturated carbocycles. The second-order valence-electron chi connectivity index (χ2n) is 3.84. The SMILES string of the molecule is O=C(NC(=S)NCc1ccco1)c1cc(Br)ccc1Cl. The van der Waals surface area contributed by atoms with Gasteiger partial charge in [-0.25, -0.2) is 0 Å². The highest BCUT2D eigenvalue weighted by molar-refractivity contribution is 9.10. The molecule has 0 bridgehead atoms. The summed E-state index contributed by atoms with van der Waals surface area (Å²) in [4.78, 5) is 12.0. The molecule has 0 unspecified atom stereocenters. The summed E-state index contributed by atoms with van der Waals surface area (Å²) in [6.45, 7) is 0.401. The van der Waals surface area contributed by atoms with Gasteiger partial charge in [-0.2, -0.15) is 0 Å². The number of thiocarbonyl (C=S) groups is 1. The van der Waals surface area contributed by atoms with Gasteiger partial charge < -0.3 is 9.73 Å². The number of hydrogen-bond donors (Lipinski definition) is 2. The third kappa shape index (κ3) is 4.06. The molecule has 2 aromatic rings. The first-order valence-electron chi connectivity index (χ1n) is 5.63. The third-order valence-electron chi connectivity index (χ3n) is 2.40. The number of furan rings is 1. The number of nitrogens with one attached hydrogen (secondary N) is 2. The molecule has 0 radical (unpaired) electrons. The molecule has 1 amide bonds. The molecule has 1 heterocycles. The van der Waals surface area contributed by atoms with Gasteiger partial charge in [-0.15, -0.1) is 0 Å². The Morgan fingerprint density at radius 1 is 1.40 bits per heavy atom. The first-order chi connectivity index (χ1) is 9.56. The number of hydrogen-bond acceptors (Lipinski definition) is 3. The van der Waals surface area contributed by atoms with Crippen LogP contribution in [0, 0.1) is 0 Å². The summed E-state index contributed by atoms with van der Waals surface area (Å²) in [6.07, 6.45) is 1.57. The van der Waals surface area contributed by atoms with Crippen molar-refractivity contribution in [2.45, 2.75) is 6.54 Å². The van der Waals surface area contributed by atoms with E-state index in [1.807, 2.05) is 6.07 Å². The third-order valence-corrected chi connectivity index (χ3v) is 3.47. The van der Waals surface area contributed by atoms with E-state index in [0.29, 0.717) is 17.1 Å². The lowest BCUT2D eigenvalue weighted by molar-refractivity contribution is 0.0976. The molecule has 0 aliphatic heterocycles. The first-order valence-corrected chi connectivity index (χ1v) is 7.21. The smallest absolute Gasteiger partial charge is 0.258 e. The maximum atomic E-state index is 12.0. The standard InChI is InChI=1S/C13H10BrClN2O2S/c14-8-3-4-11(15)10(6-8)12(18)17-13(20)16-7-9-2-1-5-19-9/h1-6H,7H2,(H2,16,17,18,20). The van der Waals surface area contributed by atoms with Gasteiger partial charge in [0, 0.05) is 4.47 Å². The van der Waals surface area contributed by atoms with E-state index in [9.17, 15) is 4.79 Å². The van der Waals surface area contributed by atoms with Gasteiger partial charge in [0.25, 0.3) is 5.91 Å². The molecule has 104 valence electrons. The molecule has 1 aromatic heterocycles. The van der Waals surface area contributed by atoms with Crippen LogP contribution < -0.4 is 10.6 Å². The number of carbonyl (C=O) groups excluding carboxylic acids is 1. The van der Waals surface area contributed by atoms with E-state index >= 15 is 0 Å². The Morgan fingerprint density at radius 3 is 2.90 bits per heavy atom. The summed E-state index contributed by atoms with van der Waals surface area (Å²) < 4.78 is 5.91. The number of benzene rings is 1. The minimum absolute atomic E-state index is 0.211. The molecule has 0 aliphatic carbocycles. The largest absolute Gasteiger partial charge is 0.467 e. The molecule has 0 atom stereocenters. The summed E-state index contributed by atoms with van der Waals surface area (Å²) in [5.74, 6) is 0.357. The van der Waals surface area contributed by atoms with Crippen LogP contribution in [0.25, 0.3) is 0 Å². The van der Waals surface area contributed by atoms with Gasteiger partial charge in [0.1, 0.15) is 5.76 Å². The van der Waals surface area contributed by atoms with Crippen LogP contribution in [0.5, 0.6) is 0 Å².